The van der Waals surface area contributed by atoms with Gasteiger partial charge in [0.05, 0.1) is 18.9 Å². The minimum absolute atomic E-state index is 0.321. The lowest BCUT2D eigenvalue weighted by molar-refractivity contribution is 0.0600. The van der Waals surface area contributed by atoms with Gasteiger partial charge in [0.2, 0.25) is 0 Å². The zero-order chi connectivity index (χ0) is 19.2. The number of piperazine rings is 1. The molecule has 2 aromatic rings. The van der Waals surface area contributed by atoms with E-state index in [9.17, 15) is 4.79 Å². The third-order valence-electron chi connectivity index (χ3n) is 4.94. The van der Waals surface area contributed by atoms with Gasteiger partial charge in [0, 0.05) is 32.7 Å². The van der Waals surface area contributed by atoms with E-state index in [0.717, 1.165) is 38.3 Å². The lowest BCUT2D eigenvalue weighted by Gasteiger charge is -2.33. The highest BCUT2D eigenvalue weighted by molar-refractivity contribution is 5.90. The first-order valence-electron chi connectivity index (χ1n) is 9.31. The van der Waals surface area contributed by atoms with E-state index in [1.807, 2.05) is 18.3 Å². The molecule has 0 aromatic heterocycles. The highest BCUT2D eigenvalue weighted by Crippen LogP contribution is 2.14. The minimum Gasteiger partial charge on any atom is -0.465 e. The fourth-order valence-corrected chi connectivity index (χ4v) is 3.25. The summed E-state index contributed by atoms with van der Waals surface area (Å²) in [7, 11) is 1.39. The van der Waals surface area contributed by atoms with E-state index in [4.69, 9.17) is 4.74 Å². The quantitative estimate of drug-likeness (QED) is 0.603. The average molecular weight is 365 g/mol. The maximum Gasteiger partial charge on any atom is 0.337 e. The Morgan fingerprint density at radius 2 is 1.78 bits per heavy atom. The van der Waals surface area contributed by atoms with Crippen molar-refractivity contribution in [1.29, 1.82) is 0 Å². The largest absolute Gasteiger partial charge is 0.465 e. The summed E-state index contributed by atoms with van der Waals surface area (Å²) in [5, 5.41) is 6.69. The van der Waals surface area contributed by atoms with Gasteiger partial charge in [0.15, 0.2) is 0 Å². The molecule has 0 spiro atoms. The van der Waals surface area contributed by atoms with E-state index in [1.165, 1.54) is 23.8 Å². The molecule has 0 amide bonds. The molecule has 142 valence electrons. The van der Waals surface area contributed by atoms with Crippen LogP contribution >= 0.6 is 0 Å². The predicted molar refractivity (Wildman–Crippen MR) is 108 cm³/mol. The maximum absolute atomic E-state index is 11.5. The molecular weight excluding hydrogens is 338 g/mol. The Bertz CT molecular complexity index is 807. The van der Waals surface area contributed by atoms with Gasteiger partial charge in [-0.2, -0.15) is 5.10 Å². The number of rotatable bonds is 5. The van der Waals surface area contributed by atoms with Crippen LogP contribution in [0.4, 0.5) is 0 Å². The molecule has 5 nitrogen and oxygen atoms in total. The zero-order valence-electron chi connectivity index (χ0n) is 16.3. The molecule has 1 fully saturated rings. The van der Waals surface area contributed by atoms with Crippen molar-refractivity contribution in [1.82, 2.24) is 9.91 Å². The summed E-state index contributed by atoms with van der Waals surface area (Å²) in [5.74, 6) is -0.321. The van der Waals surface area contributed by atoms with Crippen molar-refractivity contribution in [2.24, 2.45) is 5.10 Å². The number of carbonyl (C=O) groups excluding carboxylic acids is 1. The van der Waals surface area contributed by atoms with Crippen LogP contribution in [0.3, 0.4) is 0 Å². The lowest BCUT2D eigenvalue weighted by atomic mass is 10.1. The number of hydrogen-bond acceptors (Lipinski definition) is 5. The van der Waals surface area contributed by atoms with Crippen LogP contribution < -0.4 is 0 Å². The summed E-state index contributed by atoms with van der Waals surface area (Å²) in [6.07, 6.45) is 1.85. The van der Waals surface area contributed by atoms with Crippen LogP contribution in [0.15, 0.2) is 47.6 Å². The number of hydrazone groups is 1. The summed E-state index contributed by atoms with van der Waals surface area (Å²) < 4.78 is 4.71. The van der Waals surface area contributed by atoms with Crippen molar-refractivity contribution in [3.8, 4) is 0 Å². The first-order valence-corrected chi connectivity index (χ1v) is 9.31. The van der Waals surface area contributed by atoms with Gasteiger partial charge in [0.25, 0.3) is 0 Å². The van der Waals surface area contributed by atoms with Crippen LogP contribution in [-0.4, -0.2) is 55.4 Å². The van der Waals surface area contributed by atoms with Crippen LogP contribution in [0.25, 0.3) is 0 Å². The van der Waals surface area contributed by atoms with Crippen LogP contribution in [-0.2, 0) is 11.3 Å². The third kappa shape index (κ3) is 5.17. The first kappa shape index (κ1) is 19.1. The summed E-state index contributed by atoms with van der Waals surface area (Å²) in [4.78, 5) is 13.9. The first-order chi connectivity index (χ1) is 13.0. The van der Waals surface area contributed by atoms with Crippen molar-refractivity contribution < 1.29 is 9.53 Å². The predicted octanol–water partition coefficient (Wildman–Crippen LogP) is 3.24. The Balaban J connectivity index is 1.50. The Morgan fingerprint density at radius 3 is 2.41 bits per heavy atom. The van der Waals surface area contributed by atoms with Gasteiger partial charge >= 0.3 is 5.97 Å². The molecule has 3 rings (SSSR count). The molecule has 0 saturated carbocycles. The molecule has 0 aliphatic carbocycles. The summed E-state index contributed by atoms with van der Waals surface area (Å²) in [6.45, 7) is 9.17. The highest BCUT2D eigenvalue weighted by Gasteiger charge is 2.16. The minimum atomic E-state index is -0.321. The number of esters is 1. The number of methoxy groups -OCH3 is 1. The Kier molecular flexibility index (Phi) is 6.24. The van der Waals surface area contributed by atoms with Gasteiger partial charge in [-0.15, -0.1) is 0 Å². The molecule has 0 unspecified atom stereocenters. The number of carbonyl (C=O) groups is 1. The van der Waals surface area contributed by atoms with Gasteiger partial charge < -0.3 is 4.74 Å². The molecule has 1 aliphatic rings. The third-order valence-corrected chi connectivity index (χ3v) is 4.94. The molecule has 27 heavy (non-hydrogen) atoms. The molecule has 5 heteroatoms. The number of nitrogens with zero attached hydrogens (tertiary/aromatic N) is 3. The van der Waals surface area contributed by atoms with E-state index in [1.54, 1.807) is 12.1 Å². The van der Waals surface area contributed by atoms with Gasteiger partial charge in [-0.1, -0.05) is 35.9 Å². The Hall–Kier alpha value is -2.66. The van der Waals surface area contributed by atoms with Crippen molar-refractivity contribution in [3.05, 3.63) is 70.3 Å². The molecule has 0 bridgehead atoms. The molecule has 1 aliphatic heterocycles. The SMILES string of the molecule is COC(=O)c1ccc(C=NN2CCN(Cc3ccc(C)cc3C)CC2)cc1. The van der Waals surface area contributed by atoms with E-state index < -0.39 is 0 Å². The molecular formula is C22H27N3O2. The second kappa shape index (κ2) is 8.82. The van der Waals surface area contributed by atoms with Crippen molar-refractivity contribution in [2.45, 2.75) is 20.4 Å². The molecule has 1 heterocycles. The normalized spacial score (nSPS) is 15.3. The smallest absolute Gasteiger partial charge is 0.337 e. The number of aryl methyl sites for hydroxylation is 2. The Morgan fingerprint density at radius 1 is 1.07 bits per heavy atom. The van der Waals surface area contributed by atoms with Crippen LogP contribution in [0.2, 0.25) is 0 Å². The fraction of sp³-hybridized carbons (Fsp3) is 0.364. The van der Waals surface area contributed by atoms with E-state index in [2.05, 4.69) is 47.1 Å². The molecule has 0 atom stereocenters. The molecule has 0 N–H and O–H groups in total. The molecule has 0 radical (unpaired) electrons. The molecule has 1 saturated heterocycles. The summed E-state index contributed by atoms with van der Waals surface area (Å²) in [6, 6.07) is 14.0. The van der Waals surface area contributed by atoms with Crippen molar-refractivity contribution >= 4 is 12.2 Å². The topological polar surface area (TPSA) is 45.1 Å². The van der Waals surface area contributed by atoms with Gasteiger partial charge in [-0.25, -0.2) is 4.79 Å². The summed E-state index contributed by atoms with van der Waals surface area (Å²) in [5.41, 5.74) is 5.61. The zero-order valence-corrected chi connectivity index (χ0v) is 16.3. The van der Waals surface area contributed by atoms with Crippen LogP contribution in [0.5, 0.6) is 0 Å². The van der Waals surface area contributed by atoms with Crippen molar-refractivity contribution in [3.63, 3.8) is 0 Å². The lowest BCUT2D eigenvalue weighted by Crippen LogP contribution is -2.43. The number of hydrogen-bond donors (Lipinski definition) is 0. The van der Waals surface area contributed by atoms with Gasteiger partial charge in [-0.05, 0) is 42.7 Å². The van der Waals surface area contributed by atoms with E-state index in [0.29, 0.717) is 5.56 Å². The standard InChI is InChI=1S/C22H27N3O2/c1-17-4-7-21(18(2)14-17)16-24-10-12-25(13-11-24)23-15-19-5-8-20(9-6-19)22(26)27-3/h4-9,14-15H,10-13,16H2,1-3H3. The van der Waals surface area contributed by atoms with Crippen LogP contribution in [0.1, 0.15) is 32.6 Å². The molecule has 2 aromatic carbocycles. The van der Waals surface area contributed by atoms with Crippen LogP contribution in [0, 0.1) is 13.8 Å². The second-order valence-corrected chi connectivity index (χ2v) is 7.02. The monoisotopic (exact) mass is 365 g/mol. The number of ether oxygens (including phenoxy) is 1. The second-order valence-electron chi connectivity index (χ2n) is 7.02. The highest BCUT2D eigenvalue weighted by atomic mass is 16.5. The average Bonchev–Trinajstić information content (AvgIpc) is 2.69. The summed E-state index contributed by atoms with van der Waals surface area (Å²) >= 11 is 0. The fourth-order valence-electron chi connectivity index (χ4n) is 3.25. The number of benzene rings is 2. The van der Waals surface area contributed by atoms with E-state index >= 15 is 0 Å². The maximum atomic E-state index is 11.5. The Labute approximate surface area is 161 Å². The van der Waals surface area contributed by atoms with Crippen molar-refractivity contribution in [2.75, 3.05) is 33.3 Å². The van der Waals surface area contributed by atoms with Gasteiger partial charge in [-0.3, -0.25) is 9.91 Å². The van der Waals surface area contributed by atoms with E-state index in [-0.39, 0.29) is 5.97 Å². The van der Waals surface area contributed by atoms with Gasteiger partial charge in [0.1, 0.15) is 0 Å².